The molecule has 1 heterocycles. The van der Waals surface area contributed by atoms with Crippen LogP contribution < -0.4 is 0 Å². The molecule has 0 aliphatic carbocycles. The SMILES string of the molecule is CCSCCC1(C(=O)O)CCCS1. The van der Waals surface area contributed by atoms with E-state index in [0.717, 1.165) is 36.5 Å². The molecule has 0 aromatic rings. The Balaban J connectivity index is 2.43. The quantitative estimate of drug-likeness (QED) is 0.722. The minimum atomic E-state index is -0.605. The van der Waals surface area contributed by atoms with Gasteiger partial charge in [-0.25, -0.2) is 0 Å². The molecule has 13 heavy (non-hydrogen) atoms. The molecule has 1 aliphatic heterocycles. The summed E-state index contributed by atoms with van der Waals surface area (Å²) in [7, 11) is 0. The standard InChI is InChI=1S/C9H16O2S2/c1-2-12-7-5-9(8(10)11)4-3-6-13-9/h2-7H2,1H3,(H,10,11). The third-order valence-electron chi connectivity index (χ3n) is 2.35. The van der Waals surface area contributed by atoms with Gasteiger partial charge in [-0.05, 0) is 36.5 Å². The molecular formula is C9H16O2S2. The Hall–Kier alpha value is 0.170. The number of rotatable bonds is 5. The van der Waals surface area contributed by atoms with Crippen molar-refractivity contribution >= 4 is 29.5 Å². The lowest BCUT2D eigenvalue weighted by molar-refractivity contribution is -0.140. The molecule has 0 aromatic carbocycles. The largest absolute Gasteiger partial charge is 0.480 e. The molecule has 0 amide bonds. The van der Waals surface area contributed by atoms with E-state index < -0.39 is 10.7 Å². The Morgan fingerprint density at radius 3 is 2.92 bits per heavy atom. The van der Waals surface area contributed by atoms with Crippen LogP contribution in [0.15, 0.2) is 0 Å². The van der Waals surface area contributed by atoms with Gasteiger partial charge < -0.3 is 5.11 Å². The predicted molar refractivity (Wildman–Crippen MR) is 59.7 cm³/mol. The molecule has 0 saturated carbocycles. The molecule has 0 bridgehead atoms. The van der Waals surface area contributed by atoms with Crippen molar-refractivity contribution in [3.05, 3.63) is 0 Å². The van der Waals surface area contributed by atoms with Crippen LogP contribution in [0.5, 0.6) is 0 Å². The van der Waals surface area contributed by atoms with E-state index in [-0.39, 0.29) is 0 Å². The summed E-state index contributed by atoms with van der Waals surface area (Å²) in [5.41, 5.74) is 0. The highest BCUT2D eigenvalue weighted by Gasteiger charge is 2.41. The molecule has 1 atom stereocenters. The lowest BCUT2D eigenvalue weighted by Crippen LogP contribution is -2.32. The highest BCUT2D eigenvalue weighted by atomic mass is 32.2. The van der Waals surface area contributed by atoms with E-state index in [0.29, 0.717) is 0 Å². The van der Waals surface area contributed by atoms with Gasteiger partial charge in [-0.15, -0.1) is 11.8 Å². The Morgan fingerprint density at radius 2 is 2.46 bits per heavy atom. The second-order valence-corrected chi connectivity index (χ2v) is 6.07. The maximum Gasteiger partial charge on any atom is 0.319 e. The number of thioether (sulfide) groups is 2. The molecule has 4 heteroatoms. The van der Waals surface area contributed by atoms with Gasteiger partial charge in [0.15, 0.2) is 0 Å². The zero-order valence-corrected chi connectivity index (χ0v) is 9.55. The summed E-state index contributed by atoms with van der Waals surface area (Å²) in [5, 5.41) is 9.13. The van der Waals surface area contributed by atoms with Gasteiger partial charge in [-0.2, -0.15) is 11.8 Å². The van der Waals surface area contributed by atoms with Crippen LogP contribution in [-0.2, 0) is 4.79 Å². The van der Waals surface area contributed by atoms with Crippen LogP contribution in [0.2, 0.25) is 0 Å². The van der Waals surface area contributed by atoms with Crippen molar-refractivity contribution in [1.29, 1.82) is 0 Å². The first kappa shape index (κ1) is 11.2. The van der Waals surface area contributed by atoms with Crippen molar-refractivity contribution in [1.82, 2.24) is 0 Å². The van der Waals surface area contributed by atoms with E-state index in [2.05, 4.69) is 6.92 Å². The first-order chi connectivity index (χ1) is 6.21. The van der Waals surface area contributed by atoms with Gasteiger partial charge in [0.05, 0.1) is 0 Å². The van der Waals surface area contributed by atoms with Gasteiger partial charge in [-0.3, -0.25) is 4.79 Å². The van der Waals surface area contributed by atoms with Crippen LogP contribution in [0.3, 0.4) is 0 Å². The molecular weight excluding hydrogens is 204 g/mol. The Kier molecular flexibility index (Phi) is 4.46. The summed E-state index contributed by atoms with van der Waals surface area (Å²) in [6, 6.07) is 0. The molecule has 1 saturated heterocycles. The third-order valence-corrected chi connectivity index (χ3v) is 4.88. The van der Waals surface area contributed by atoms with E-state index in [4.69, 9.17) is 5.11 Å². The van der Waals surface area contributed by atoms with Crippen molar-refractivity contribution in [3.8, 4) is 0 Å². The fourth-order valence-corrected chi connectivity index (χ4v) is 3.80. The van der Waals surface area contributed by atoms with Crippen LogP contribution >= 0.6 is 23.5 Å². The molecule has 2 nitrogen and oxygen atoms in total. The first-order valence-corrected chi connectivity index (χ1v) is 6.80. The minimum Gasteiger partial charge on any atom is -0.480 e. The van der Waals surface area contributed by atoms with Crippen LogP contribution in [0, 0.1) is 0 Å². The summed E-state index contributed by atoms with van der Waals surface area (Å²) < 4.78 is -0.442. The first-order valence-electron chi connectivity index (χ1n) is 4.66. The molecule has 0 aromatic heterocycles. The number of carboxylic acids is 1. The van der Waals surface area contributed by atoms with Crippen molar-refractivity contribution in [3.63, 3.8) is 0 Å². The lowest BCUT2D eigenvalue weighted by atomic mass is 10.0. The van der Waals surface area contributed by atoms with Gasteiger partial charge in [-0.1, -0.05) is 6.92 Å². The van der Waals surface area contributed by atoms with Crippen molar-refractivity contribution in [2.24, 2.45) is 0 Å². The van der Waals surface area contributed by atoms with E-state index >= 15 is 0 Å². The highest BCUT2D eigenvalue weighted by Crippen LogP contribution is 2.41. The Labute approximate surface area is 87.9 Å². The third kappa shape index (κ3) is 2.81. The number of aliphatic carboxylic acids is 1. The van der Waals surface area contributed by atoms with Crippen LogP contribution in [-0.4, -0.2) is 33.1 Å². The van der Waals surface area contributed by atoms with E-state index in [9.17, 15) is 4.79 Å². The Morgan fingerprint density at radius 1 is 1.69 bits per heavy atom. The normalized spacial score (nSPS) is 27.8. The molecule has 1 rings (SSSR count). The summed E-state index contributed by atoms with van der Waals surface area (Å²) in [6.45, 7) is 2.11. The maximum absolute atomic E-state index is 11.1. The maximum atomic E-state index is 11.1. The van der Waals surface area contributed by atoms with E-state index in [1.807, 2.05) is 11.8 Å². The molecule has 76 valence electrons. The van der Waals surface area contributed by atoms with Crippen LogP contribution in [0.25, 0.3) is 0 Å². The monoisotopic (exact) mass is 220 g/mol. The number of hydrogen-bond donors (Lipinski definition) is 1. The predicted octanol–water partition coefficient (Wildman–Crippen LogP) is 2.48. The number of hydrogen-bond acceptors (Lipinski definition) is 3. The zero-order valence-electron chi connectivity index (χ0n) is 7.91. The summed E-state index contributed by atoms with van der Waals surface area (Å²) >= 11 is 3.47. The average Bonchev–Trinajstić information content (AvgIpc) is 2.55. The van der Waals surface area contributed by atoms with Crippen molar-refractivity contribution in [2.75, 3.05) is 17.3 Å². The minimum absolute atomic E-state index is 0.442. The second kappa shape index (κ2) is 5.15. The average molecular weight is 220 g/mol. The number of carbonyl (C=O) groups is 1. The molecule has 0 radical (unpaired) electrons. The highest BCUT2D eigenvalue weighted by molar-refractivity contribution is 8.02. The fourth-order valence-electron chi connectivity index (χ4n) is 1.55. The van der Waals surface area contributed by atoms with Crippen molar-refractivity contribution in [2.45, 2.75) is 30.9 Å². The fraction of sp³-hybridized carbons (Fsp3) is 0.889. The van der Waals surface area contributed by atoms with Crippen LogP contribution in [0.4, 0.5) is 0 Å². The van der Waals surface area contributed by atoms with Gasteiger partial charge in [0, 0.05) is 0 Å². The summed E-state index contributed by atoms with van der Waals surface area (Å²) in [6.07, 6.45) is 2.75. The summed E-state index contributed by atoms with van der Waals surface area (Å²) in [4.78, 5) is 11.1. The van der Waals surface area contributed by atoms with Gasteiger partial charge >= 0.3 is 5.97 Å². The van der Waals surface area contributed by atoms with E-state index in [1.54, 1.807) is 11.8 Å². The Bertz CT molecular complexity index is 176. The van der Waals surface area contributed by atoms with E-state index in [1.165, 1.54) is 0 Å². The molecule has 1 N–H and O–H groups in total. The molecule has 0 spiro atoms. The summed E-state index contributed by atoms with van der Waals surface area (Å²) in [5.74, 6) is 2.48. The topological polar surface area (TPSA) is 37.3 Å². The zero-order chi connectivity index (χ0) is 9.73. The molecule has 1 fully saturated rings. The van der Waals surface area contributed by atoms with Gasteiger partial charge in [0.2, 0.25) is 0 Å². The van der Waals surface area contributed by atoms with Gasteiger partial charge in [0.1, 0.15) is 4.75 Å². The van der Waals surface area contributed by atoms with Crippen LogP contribution in [0.1, 0.15) is 26.2 Å². The molecule has 1 aliphatic rings. The van der Waals surface area contributed by atoms with Gasteiger partial charge in [0.25, 0.3) is 0 Å². The number of carboxylic acid groups (broad SMARTS) is 1. The lowest BCUT2D eigenvalue weighted by Gasteiger charge is -2.22. The smallest absolute Gasteiger partial charge is 0.319 e. The van der Waals surface area contributed by atoms with Crippen molar-refractivity contribution < 1.29 is 9.90 Å². The second-order valence-electron chi connectivity index (χ2n) is 3.20. The molecule has 1 unspecified atom stereocenters.